The molecular weight excluding hydrogens is 262 g/mol. The quantitative estimate of drug-likeness (QED) is 0.491. The first-order chi connectivity index (χ1) is 8.82. The van der Waals surface area contributed by atoms with Gasteiger partial charge in [-0.2, -0.15) is 0 Å². The lowest BCUT2D eigenvalue weighted by Gasteiger charge is -2.23. The molecule has 0 bridgehead atoms. The van der Waals surface area contributed by atoms with E-state index in [2.05, 4.69) is 5.32 Å². The molecule has 0 aromatic heterocycles. The number of amides is 2. The predicted molar refractivity (Wildman–Crippen MR) is 80.7 cm³/mol. The maximum absolute atomic E-state index is 12.0. The maximum atomic E-state index is 12.0. The number of nitrogens with zero attached hydrogens (tertiary/aromatic N) is 1. The lowest BCUT2D eigenvalue weighted by atomic mass is 10.1. The fourth-order valence-corrected chi connectivity index (χ4v) is 1.71. The van der Waals surface area contributed by atoms with Crippen molar-refractivity contribution >= 4 is 29.0 Å². The summed E-state index contributed by atoms with van der Waals surface area (Å²) < 4.78 is 0. The van der Waals surface area contributed by atoms with Crippen LogP contribution in [-0.4, -0.2) is 41.3 Å². The molecule has 0 unspecified atom stereocenters. The minimum Gasteiger partial charge on any atom is -0.393 e. The van der Waals surface area contributed by atoms with Crippen molar-refractivity contribution in [1.29, 1.82) is 0 Å². The monoisotopic (exact) mass is 287 g/mol. The Morgan fingerprint density at radius 2 is 1.95 bits per heavy atom. The summed E-state index contributed by atoms with van der Waals surface area (Å²) >= 11 is 4.84. The number of carbonyl (C=O) groups is 2. The Bertz CT molecular complexity index is 319. The third-order valence-corrected chi connectivity index (χ3v) is 2.75. The first-order valence-electron chi connectivity index (χ1n) is 6.63. The zero-order valence-corrected chi connectivity index (χ0v) is 12.9. The van der Waals surface area contributed by atoms with E-state index < -0.39 is 0 Å². The Hall–Kier alpha value is -1.17. The molecule has 2 amide bonds. The zero-order valence-electron chi connectivity index (χ0n) is 12.1. The Balaban J connectivity index is 4.20. The number of nitrogens with two attached hydrogens (primary N) is 1. The van der Waals surface area contributed by atoms with Gasteiger partial charge in [0.1, 0.15) is 0 Å². The van der Waals surface area contributed by atoms with Crippen molar-refractivity contribution in [2.75, 3.05) is 19.6 Å². The molecule has 0 spiro atoms. The van der Waals surface area contributed by atoms with Gasteiger partial charge in [-0.25, -0.2) is 0 Å². The van der Waals surface area contributed by atoms with Crippen LogP contribution in [-0.2, 0) is 9.59 Å². The second kappa shape index (κ2) is 9.72. The summed E-state index contributed by atoms with van der Waals surface area (Å²) in [5.41, 5.74) is 5.47. The zero-order chi connectivity index (χ0) is 14.8. The van der Waals surface area contributed by atoms with Crippen LogP contribution in [0.25, 0.3) is 0 Å². The van der Waals surface area contributed by atoms with E-state index in [-0.39, 0.29) is 11.8 Å². The molecule has 0 saturated heterocycles. The predicted octanol–water partition coefficient (Wildman–Crippen LogP) is 1.06. The van der Waals surface area contributed by atoms with E-state index in [1.54, 1.807) is 4.90 Å². The summed E-state index contributed by atoms with van der Waals surface area (Å²) in [7, 11) is 0. The molecule has 0 aliphatic heterocycles. The van der Waals surface area contributed by atoms with Crippen molar-refractivity contribution in [1.82, 2.24) is 10.2 Å². The van der Waals surface area contributed by atoms with Crippen LogP contribution >= 0.6 is 12.2 Å². The number of thiocarbonyl (C=S) groups is 1. The molecule has 0 aliphatic rings. The maximum Gasteiger partial charge on any atom is 0.222 e. The van der Waals surface area contributed by atoms with Crippen LogP contribution in [0.5, 0.6) is 0 Å². The van der Waals surface area contributed by atoms with E-state index >= 15 is 0 Å². The highest BCUT2D eigenvalue weighted by Gasteiger charge is 2.14. The Morgan fingerprint density at radius 3 is 2.42 bits per heavy atom. The van der Waals surface area contributed by atoms with Gasteiger partial charge in [-0.15, -0.1) is 0 Å². The van der Waals surface area contributed by atoms with Gasteiger partial charge in [-0.3, -0.25) is 9.59 Å². The Morgan fingerprint density at radius 1 is 1.32 bits per heavy atom. The first kappa shape index (κ1) is 17.8. The number of carbonyl (C=O) groups excluding carboxylic acids is 2. The average molecular weight is 287 g/mol. The van der Waals surface area contributed by atoms with E-state index in [1.165, 1.54) is 6.92 Å². The fraction of sp³-hybridized carbons (Fsp3) is 0.769. The molecule has 3 N–H and O–H groups in total. The standard InChI is InChI=1S/C13H25N3O2S/c1-10(2)9-13(18)16(8-5-12(14)19)7-4-6-15-11(3)17/h10H,4-9H2,1-3H3,(H2,14,19)(H,15,17). The van der Waals surface area contributed by atoms with Crippen molar-refractivity contribution < 1.29 is 9.59 Å². The third-order valence-electron chi connectivity index (χ3n) is 2.54. The minimum atomic E-state index is -0.0526. The molecular formula is C13H25N3O2S. The summed E-state index contributed by atoms with van der Waals surface area (Å²) in [5, 5.41) is 2.72. The van der Waals surface area contributed by atoms with Gasteiger partial charge in [-0.1, -0.05) is 26.1 Å². The summed E-state index contributed by atoms with van der Waals surface area (Å²) in [6.07, 6.45) is 1.80. The van der Waals surface area contributed by atoms with Gasteiger partial charge < -0.3 is 16.0 Å². The summed E-state index contributed by atoms with van der Waals surface area (Å²) in [6, 6.07) is 0. The first-order valence-corrected chi connectivity index (χ1v) is 7.04. The Labute approximate surface area is 120 Å². The molecule has 0 heterocycles. The van der Waals surface area contributed by atoms with Crippen molar-refractivity contribution in [3.05, 3.63) is 0 Å². The van der Waals surface area contributed by atoms with Crippen LogP contribution in [0.1, 0.15) is 40.0 Å². The van der Waals surface area contributed by atoms with Gasteiger partial charge in [0.05, 0.1) is 4.99 Å². The molecule has 0 fully saturated rings. The van der Waals surface area contributed by atoms with E-state index in [9.17, 15) is 9.59 Å². The smallest absolute Gasteiger partial charge is 0.222 e. The molecule has 0 saturated carbocycles. The number of hydrogen-bond donors (Lipinski definition) is 2. The highest BCUT2D eigenvalue weighted by molar-refractivity contribution is 7.80. The summed E-state index contributed by atoms with van der Waals surface area (Å²) in [5.74, 6) is 0.396. The number of rotatable bonds is 9. The van der Waals surface area contributed by atoms with Gasteiger partial charge in [0.15, 0.2) is 0 Å². The lowest BCUT2D eigenvalue weighted by molar-refractivity contribution is -0.131. The molecule has 5 nitrogen and oxygen atoms in total. The fourth-order valence-electron chi connectivity index (χ4n) is 1.62. The third kappa shape index (κ3) is 10.4. The molecule has 0 aromatic carbocycles. The second-order valence-corrected chi connectivity index (χ2v) is 5.56. The number of hydrogen-bond acceptors (Lipinski definition) is 3. The van der Waals surface area contributed by atoms with Crippen molar-refractivity contribution in [2.45, 2.75) is 40.0 Å². The molecule has 0 atom stereocenters. The molecule has 6 heteroatoms. The van der Waals surface area contributed by atoms with Gasteiger partial charge >= 0.3 is 0 Å². The molecule has 0 aromatic rings. The summed E-state index contributed by atoms with van der Waals surface area (Å²) in [6.45, 7) is 7.26. The number of nitrogens with one attached hydrogen (secondary N) is 1. The topological polar surface area (TPSA) is 75.4 Å². The van der Waals surface area contributed by atoms with E-state index in [1.807, 2.05) is 13.8 Å². The van der Waals surface area contributed by atoms with E-state index in [0.29, 0.717) is 43.4 Å². The molecule has 0 rings (SSSR count). The SMILES string of the molecule is CC(=O)NCCCN(CCC(N)=S)C(=O)CC(C)C. The normalized spacial score (nSPS) is 10.3. The van der Waals surface area contributed by atoms with Crippen LogP contribution in [0.2, 0.25) is 0 Å². The van der Waals surface area contributed by atoms with Crippen LogP contribution in [0, 0.1) is 5.92 Å². The van der Waals surface area contributed by atoms with Gasteiger partial charge in [-0.05, 0) is 12.3 Å². The van der Waals surface area contributed by atoms with E-state index in [4.69, 9.17) is 18.0 Å². The largest absolute Gasteiger partial charge is 0.393 e. The Kier molecular flexibility index (Phi) is 9.12. The summed E-state index contributed by atoms with van der Waals surface area (Å²) in [4.78, 5) is 25.0. The average Bonchev–Trinajstić information content (AvgIpc) is 2.26. The van der Waals surface area contributed by atoms with Crippen LogP contribution in [0.4, 0.5) is 0 Å². The lowest BCUT2D eigenvalue weighted by Crippen LogP contribution is -2.36. The van der Waals surface area contributed by atoms with Gasteiger partial charge in [0.25, 0.3) is 0 Å². The molecule has 19 heavy (non-hydrogen) atoms. The second-order valence-electron chi connectivity index (χ2n) is 5.03. The van der Waals surface area contributed by atoms with Crippen molar-refractivity contribution in [3.8, 4) is 0 Å². The van der Waals surface area contributed by atoms with Gasteiger partial charge in [0.2, 0.25) is 11.8 Å². The molecule has 110 valence electrons. The molecule has 0 aliphatic carbocycles. The van der Waals surface area contributed by atoms with E-state index in [0.717, 1.165) is 6.42 Å². The molecule has 0 radical (unpaired) electrons. The highest BCUT2D eigenvalue weighted by atomic mass is 32.1. The highest BCUT2D eigenvalue weighted by Crippen LogP contribution is 2.05. The van der Waals surface area contributed by atoms with Crippen LogP contribution in [0.15, 0.2) is 0 Å². The minimum absolute atomic E-state index is 0.0526. The van der Waals surface area contributed by atoms with Crippen LogP contribution < -0.4 is 11.1 Å². The van der Waals surface area contributed by atoms with Crippen LogP contribution in [0.3, 0.4) is 0 Å². The van der Waals surface area contributed by atoms with Crippen molar-refractivity contribution in [2.24, 2.45) is 11.7 Å². The van der Waals surface area contributed by atoms with Crippen molar-refractivity contribution in [3.63, 3.8) is 0 Å². The van der Waals surface area contributed by atoms with Gasteiger partial charge in [0, 0.05) is 39.4 Å².